The molecule has 0 atom stereocenters. The predicted octanol–water partition coefficient (Wildman–Crippen LogP) is 2.90. The van der Waals surface area contributed by atoms with Crippen LogP contribution in [0.3, 0.4) is 0 Å². The highest BCUT2D eigenvalue weighted by atomic mass is 35.7. The van der Waals surface area contributed by atoms with E-state index in [0.29, 0.717) is 6.54 Å². The van der Waals surface area contributed by atoms with Gasteiger partial charge in [0.15, 0.2) is 0 Å². The molecule has 0 aromatic heterocycles. The maximum atomic E-state index is 7.93. The summed E-state index contributed by atoms with van der Waals surface area (Å²) in [6, 6.07) is 0. The first-order chi connectivity index (χ1) is 4.56. The van der Waals surface area contributed by atoms with E-state index < -0.39 is 9.24 Å². The smallest absolute Gasteiger partial charge is 0.0265 e. The lowest BCUT2D eigenvalue weighted by Gasteiger charge is -2.20. The molecule has 0 aliphatic rings. The van der Waals surface area contributed by atoms with E-state index in [1.165, 1.54) is 0 Å². The molecule has 0 aromatic carbocycles. The Morgan fingerprint density at radius 1 is 1.60 bits per heavy atom. The first kappa shape index (κ1) is 9.95. The molecule has 60 valence electrons. The van der Waals surface area contributed by atoms with Crippen molar-refractivity contribution in [3.8, 4) is 0 Å². The minimum absolute atomic E-state index is 0.569. The average Bonchev–Trinajstić information content (AvgIpc) is 1.78. The molecule has 3 nitrogen and oxygen atoms in total. The molecule has 0 unspecified atom stereocenters. The Morgan fingerprint density at radius 3 is 2.60 bits per heavy atom. The second-order valence-corrected chi connectivity index (χ2v) is 8.14. The van der Waals surface area contributed by atoms with Gasteiger partial charge in [-0.1, -0.05) is 15.8 Å². The Labute approximate surface area is 67.2 Å². The highest BCUT2D eigenvalue weighted by Gasteiger charge is 2.04. The lowest BCUT2D eigenvalue weighted by atomic mass is 10.5. The van der Waals surface area contributed by atoms with Gasteiger partial charge in [0, 0.05) is 11.5 Å². The predicted molar refractivity (Wildman–Crippen MR) is 48.8 cm³/mol. The van der Waals surface area contributed by atoms with Crippen LogP contribution in [-0.4, -0.2) is 24.8 Å². The molecule has 10 heavy (non-hydrogen) atoms. The van der Waals surface area contributed by atoms with Gasteiger partial charge in [0.1, 0.15) is 0 Å². The SMILES string of the molecule is CS(C)(Cl)CCCN=[N+]=[N-]. The standard InChI is InChI=1S/C5H12ClN3S/c1-10(2,6)5-3-4-8-9-7/h3-5H2,1-2H3. The summed E-state index contributed by atoms with van der Waals surface area (Å²) in [5, 5.41) is 3.41. The largest absolute Gasteiger partial charge is 0.169 e. The molecule has 0 N–H and O–H groups in total. The summed E-state index contributed by atoms with van der Waals surface area (Å²) in [6.45, 7) is 0.569. The van der Waals surface area contributed by atoms with Crippen LogP contribution < -0.4 is 0 Å². The molecule has 0 heterocycles. The molecule has 0 bridgehead atoms. The first-order valence-corrected chi connectivity index (χ1v) is 6.42. The zero-order valence-corrected chi connectivity index (χ0v) is 7.82. The fraction of sp³-hybridized carbons (Fsp3) is 1.00. The Balaban J connectivity index is 3.28. The van der Waals surface area contributed by atoms with Crippen molar-refractivity contribution >= 4 is 19.9 Å². The molecule has 0 aliphatic carbocycles. The van der Waals surface area contributed by atoms with Crippen LogP contribution >= 0.6 is 19.9 Å². The van der Waals surface area contributed by atoms with Crippen LogP contribution in [-0.2, 0) is 0 Å². The number of hydrogen-bond acceptors (Lipinski definition) is 1. The summed E-state index contributed by atoms with van der Waals surface area (Å²) in [7, 11) is 5.04. The quantitative estimate of drug-likeness (QED) is 0.277. The average molecular weight is 182 g/mol. The maximum Gasteiger partial charge on any atom is 0.0265 e. The van der Waals surface area contributed by atoms with Crippen LogP contribution in [0.1, 0.15) is 6.42 Å². The van der Waals surface area contributed by atoms with E-state index in [0.717, 1.165) is 12.2 Å². The monoisotopic (exact) mass is 181 g/mol. The number of azide groups is 1. The number of hydrogen-bond donors (Lipinski definition) is 0. The van der Waals surface area contributed by atoms with Crippen LogP contribution in [0.4, 0.5) is 0 Å². The molecule has 0 aliphatic heterocycles. The third kappa shape index (κ3) is 7.95. The summed E-state index contributed by atoms with van der Waals surface area (Å²) >= 11 is 0. The molecule has 0 rings (SSSR count). The molecular formula is C5H12ClN3S. The fourth-order valence-electron chi connectivity index (χ4n) is 0.523. The lowest BCUT2D eigenvalue weighted by molar-refractivity contribution is 0.930. The molecule has 0 radical (unpaired) electrons. The van der Waals surface area contributed by atoms with Crippen molar-refractivity contribution in [2.45, 2.75) is 6.42 Å². The highest BCUT2D eigenvalue weighted by molar-refractivity contribution is 8.50. The first-order valence-electron chi connectivity index (χ1n) is 2.98. The van der Waals surface area contributed by atoms with E-state index in [9.17, 15) is 0 Å². The van der Waals surface area contributed by atoms with Crippen molar-refractivity contribution < 1.29 is 0 Å². The molecule has 5 heteroatoms. The summed E-state index contributed by atoms with van der Waals surface area (Å²) in [4.78, 5) is 2.65. The van der Waals surface area contributed by atoms with Gasteiger partial charge in [-0.3, -0.25) is 0 Å². The van der Waals surface area contributed by atoms with E-state index in [-0.39, 0.29) is 0 Å². The summed E-state index contributed by atoms with van der Waals surface area (Å²) < 4.78 is 0. The Hall–Kier alpha value is -0.0500. The highest BCUT2D eigenvalue weighted by Crippen LogP contribution is 2.45. The number of halogens is 1. The minimum atomic E-state index is -0.916. The molecule has 0 fully saturated rings. The number of nitrogens with zero attached hydrogens (tertiary/aromatic N) is 3. The normalized spacial score (nSPS) is 12.3. The number of rotatable bonds is 4. The fourth-order valence-corrected chi connectivity index (χ4v) is 1.67. The van der Waals surface area contributed by atoms with E-state index in [2.05, 4.69) is 10.0 Å². The second-order valence-electron chi connectivity index (χ2n) is 2.42. The van der Waals surface area contributed by atoms with E-state index in [1.54, 1.807) is 0 Å². The molecule has 0 saturated carbocycles. The van der Waals surface area contributed by atoms with Gasteiger partial charge in [-0.05, 0) is 30.2 Å². The van der Waals surface area contributed by atoms with E-state index in [4.69, 9.17) is 16.2 Å². The van der Waals surface area contributed by atoms with Gasteiger partial charge in [0.25, 0.3) is 0 Å². The second kappa shape index (κ2) is 4.72. The van der Waals surface area contributed by atoms with Crippen molar-refractivity contribution in [2.24, 2.45) is 5.11 Å². The topological polar surface area (TPSA) is 48.8 Å². The summed E-state index contributed by atoms with van der Waals surface area (Å²) in [6.07, 6.45) is 4.96. The maximum absolute atomic E-state index is 7.93. The Kier molecular flexibility index (Phi) is 4.69. The lowest BCUT2D eigenvalue weighted by Crippen LogP contribution is -1.94. The molecule has 0 aromatic rings. The summed E-state index contributed by atoms with van der Waals surface area (Å²) in [5.41, 5.74) is 7.93. The van der Waals surface area contributed by atoms with Crippen LogP contribution in [0.2, 0.25) is 0 Å². The van der Waals surface area contributed by atoms with Crippen molar-refractivity contribution in [2.75, 3.05) is 24.8 Å². The van der Waals surface area contributed by atoms with Crippen LogP contribution in [0.25, 0.3) is 10.4 Å². The minimum Gasteiger partial charge on any atom is -0.169 e. The zero-order valence-electron chi connectivity index (χ0n) is 6.25. The van der Waals surface area contributed by atoms with Crippen molar-refractivity contribution in [1.82, 2.24) is 0 Å². The molecule has 0 saturated heterocycles. The van der Waals surface area contributed by atoms with Crippen LogP contribution in [0.15, 0.2) is 5.11 Å². The van der Waals surface area contributed by atoms with Gasteiger partial charge in [-0.2, -0.15) is 9.24 Å². The van der Waals surface area contributed by atoms with Gasteiger partial charge >= 0.3 is 0 Å². The molecule has 0 spiro atoms. The van der Waals surface area contributed by atoms with E-state index >= 15 is 0 Å². The third-order valence-corrected chi connectivity index (χ3v) is 2.67. The van der Waals surface area contributed by atoms with Crippen molar-refractivity contribution in [3.05, 3.63) is 10.4 Å². The van der Waals surface area contributed by atoms with Crippen molar-refractivity contribution in [3.63, 3.8) is 0 Å². The van der Waals surface area contributed by atoms with Crippen molar-refractivity contribution in [1.29, 1.82) is 0 Å². The van der Waals surface area contributed by atoms with Gasteiger partial charge in [0.05, 0.1) is 0 Å². The Bertz CT molecular complexity index is 136. The summed E-state index contributed by atoms with van der Waals surface area (Å²) in [5.74, 6) is 0.966. The molecular weight excluding hydrogens is 170 g/mol. The van der Waals surface area contributed by atoms with Gasteiger partial charge in [-0.15, -0.1) is 0 Å². The van der Waals surface area contributed by atoms with Gasteiger partial charge in [0.2, 0.25) is 0 Å². The Morgan fingerprint density at radius 2 is 2.20 bits per heavy atom. The van der Waals surface area contributed by atoms with Crippen LogP contribution in [0, 0.1) is 0 Å². The van der Waals surface area contributed by atoms with E-state index in [1.807, 2.05) is 12.5 Å². The third-order valence-electron chi connectivity index (χ3n) is 0.951. The van der Waals surface area contributed by atoms with Crippen LogP contribution in [0.5, 0.6) is 0 Å². The van der Waals surface area contributed by atoms with Gasteiger partial charge in [-0.25, -0.2) is 0 Å². The zero-order chi connectivity index (χ0) is 8.04. The van der Waals surface area contributed by atoms with Gasteiger partial charge < -0.3 is 0 Å². The molecule has 0 amide bonds.